The number of hydrogen-bond donors (Lipinski definition) is 1. The lowest BCUT2D eigenvalue weighted by Crippen LogP contribution is -2.14. The Kier molecular flexibility index (Phi) is 2.94. The first kappa shape index (κ1) is 12.7. The van der Waals surface area contributed by atoms with Crippen molar-refractivity contribution < 1.29 is 8.42 Å². The zero-order chi connectivity index (χ0) is 14.2. The number of fused-ring (bicyclic) bond motifs is 1. The van der Waals surface area contributed by atoms with Crippen LogP contribution in [-0.4, -0.2) is 18.2 Å². The molecule has 1 heterocycles. The van der Waals surface area contributed by atoms with Crippen molar-refractivity contribution >= 4 is 26.6 Å². The summed E-state index contributed by atoms with van der Waals surface area (Å²) in [7, 11) is -1.92. The fourth-order valence-electron chi connectivity index (χ4n) is 2.09. The molecule has 0 spiro atoms. The molecule has 0 saturated heterocycles. The first-order chi connectivity index (χ1) is 9.56. The highest BCUT2D eigenvalue weighted by Crippen LogP contribution is 2.24. The third-order valence-electron chi connectivity index (χ3n) is 2.99. The topological polar surface area (TPSA) is 64.0 Å². The van der Waals surface area contributed by atoms with E-state index in [-0.39, 0.29) is 4.90 Å². The summed E-state index contributed by atoms with van der Waals surface area (Å²) in [5.74, 6) is 0.306. The summed E-state index contributed by atoms with van der Waals surface area (Å²) in [6, 6.07) is 14.2. The molecule has 5 nitrogen and oxygen atoms in total. The van der Waals surface area contributed by atoms with Gasteiger partial charge in [-0.2, -0.15) is 5.10 Å². The van der Waals surface area contributed by atoms with Crippen LogP contribution in [0.1, 0.15) is 0 Å². The van der Waals surface area contributed by atoms with Crippen LogP contribution in [0.25, 0.3) is 10.8 Å². The molecule has 0 radical (unpaired) electrons. The lowest BCUT2D eigenvalue weighted by molar-refractivity contribution is 0.601. The molecule has 3 rings (SSSR count). The Morgan fingerprint density at radius 3 is 2.55 bits per heavy atom. The maximum absolute atomic E-state index is 12.5. The second kappa shape index (κ2) is 4.64. The number of aryl methyl sites for hydroxylation is 1. The Morgan fingerprint density at radius 2 is 1.80 bits per heavy atom. The molecule has 20 heavy (non-hydrogen) atoms. The van der Waals surface area contributed by atoms with Gasteiger partial charge in [0.25, 0.3) is 10.0 Å². The quantitative estimate of drug-likeness (QED) is 0.804. The minimum Gasteiger partial charge on any atom is -0.274 e. The van der Waals surface area contributed by atoms with E-state index in [2.05, 4.69) is 9.82 Å². The monoisotopic (exact) mass is 287 g/mol. The molecular weight excluding hydrogens is 274 g/mol. The van der Waals surface area contributed by atoms with Gasteiger partial charge in [-0.05, 0) is 11.5 Å². The van der Waals surface area contributed by atoms with Crippen molar-refractivity contribution in [2.24, 2.45) is 7.05 Å². The highest BCUT2D eigenvalue weighted by Gasteiger charge is 2.18. The molecule has 1 aromatic heterocycles. The van der Waals surface area contributed by atoms with Crippen LogP contribution in [0.15, 0.2) is 59.6 Å². The summed E-state index contributed by atoms with van der Waals surface area (Å²) < 4.78 is 29.0. The Bertz CT molecular complexity index is 864. The van der Waals surface area contributed by atoms with E-state index in [0.717, 1.165) is 5.39 Å². The molecule has 2 aromatic carbocycles. The van der Waals surface area contributed by atoms with Crippen LogP contribution in [0.5, 0.6) is 0 Å². The molecule has 1 N–H and O–H groups in total. The standard InChI is InChI=1S/C14H13N3O2S/c1-17-10-9-14(15-17)16-20(18,19)13-8-4-6-11-5-2-3-7-12(11)13/h2-10H,1H3,(H,15,16). The second-order valence-electron chi connectivity index (χ2n) is 4.46. The molecule has 0 bridgehead atoms. The molecule has 0 amide bonds. The molecule has 102 valence electrons. The van der Waals surface area contributed by atoms with Gasteiger partial charge in [0.05, 0.1) is 4.90 Å². The van der Waals surface area contributed by atoms with Crippen molar-refractivity contribution in [2.75, 3.05) is 4.72 Å². The predicted octanol–water partition coefficient (Wildman–Crippen LogP) is 2.37. The van der Waals surface area contributed by atoms with Gasteiger partial charge in [0.1, 0.15) is 0 Å². The number of nitrogens with one attached hydrogen (secondary N) is 1. The molecule has 0 aliphatic heterocycles. The Balaban J connectivity index is 2.09. The number of anilines is 1. The number of hydrogen-bond acceptors (Lipinski definition) is 3. The van der Waals surface area contributed by atoms with Crippen LogP contribution in [0, 0.1) is 0 Å². The SMILES string of the molecule is Cn1ccc(NS(=O)(=O)c2cccc3ccccc23)n1. The predicted molar refractivity (Wildman–Crippen MR) is 78.0 cm³/mol. The largest absolute Gasteiger partial charge is 0.274 e. The molecule has 0 aliphatic rings. The van der Waals surface area contributed by atoms with Crippen LogP contribution in [0.3, 0.4) is 0 Å². The highest BCUT2D eigenvalue weighted by atomic mass is 32.2. The summed E-state index contributed by atoms with van der Waals surface area (Å²) in [4.78, 5) is 0.251. The normalized spacial score (nSPS) is 11.7. The minimum atomic E-state index is -3.65. The summed E-state index contributed by atoms with van der Waals surface area (Å²) >= 11 is 0. The van der Waals surface area contributed by atoms with Crippen LogP contribution in [-0.2, 0) is 17.1 Å². The zero-order valence-electron chi connectivity index (χ0n) is 10.8. The lowest BCUT2D eigenvalue weighted by atomic mass is 10.1. The molecule has 0 atom stereocenters. The Hall–Kier alpha value is -2.34. The fourth-order valence-corrected chi connectivity index (χ4v) is 3.32. The van der Waals surface area contributed by atoms with E-state index < -0.39 is 10.0 Å². The fraction of sp³-hybridized carbons (Fsp3) is 0.0714. The van der Waals surface area contributed by atoms with E-state index in [1.54, 1.807) is 42.2 Å². The van der Waals surface area contributed by atoms with E-state index in [4.69, 9.17) is 0 Å². The number of aromatic nitrogens is 2. The third kappa shape index (κ3) is 2.25. The third-order valence-corrected chi connectivity index (χ3v) is 4.40. The van der Waals surface area contributed by atoms with Gasteiger partial charge in [0.2, 0.25) is 0 Å². The van der Waals surface area contributed by atoms with Gasteiger partial charge >= 0.3 is 0 Å². The molecular formula is C14H13N3O2S. The summed E-state index contributed by atoms with van der Waals surface area (Å²) in [6.07, 6.45) is 1.68. The smallest absolute Gasteiger partial charge is 0.263 e. The van der Waals surface area contributed by atoms with Gasteiger partial charge in [-0.1, -0.05) is 36.4 Å². The van der Waals surface area contributed by atoms with Gasteiger partial charge in [-0.3, -0.25) is 9.40 Å². The van der Waals surface area contributed by atoms with Crippen LogP contribution < -0.4 is 4.72 Å². The molecule has 0 unspecified atom stereocenters. The maximum atomic E-state index is 12.5. The van der Waals surface area contributed by atoms with Gasteiger partial charge in [0, 0.05) is 24.7 Å². The van der Waals surface area contributed by atoms with Gasteiger partial charge < -0.3 is 0 Å². The second-order valence-corrected chi connectivity index (χ2v) is 6.11. The Labute approximate surface area is 116 Å². The molecule has 3 aromatic rings. The van der Waals surface area contributed by atoms with Gasteiger partial charge in [-0.15, -0.1) is 0 Å². The van der Waals surface area contributed by atoms with E-state index in [9.17, 15) is 8.42 Å². The van der Waals surface area contributed by atoms with E-state index in [1.807, 2.05) is 24.3 Å². The van der Waals surface area contributed by atoms with Crippen molar-refractivity contribution in [3.63, 3.8) is 0 Å². The van der Waals surface area contributed by atoms with Crippen LogP contribution in [0.2, 0.25) is 0 Å². The van der Waals surface area contributed by atoms with Crippen LogP contribution >= 0.6 is 0 Å². The first-order valence-corrected chi connectivity index (χ1v) is 7.55. The average Bonchev–Trinajstić information content (AvgIpc) is 2.82. The summed E-state index contributed by atoms with van der Waals surface area (Å²) in [5, 5.41) is 5.61. The Morgan fingerprint density at radius 1 is 1.05 bits per heavy atom. The van der Waals surface area contributed by atoms with E-state index in [0.29, 0.717) is 11.2 Å². The van der Waals surface area contributed by atoms with E-state index >= 15 is 0 Å². The number of sulfonamides is 1. The molecule has 0 fully saturated rings. The summed E-state index contributed by atoms with van der Waals surface area (Å²) in [5.41, 5.74) is 0. The van der Waals surface area contributed by atoms with Crippen molar-refractivity contribution in [3.8, 4) is 0 Å². The van der Waals surface area contributed by atoms with Crippen molar-refractivity contribution in [1.29, 1.82) is 0 Å². The number of nitrogens with zero attached hydrogens (tertiary/aromatic N) is 2. The lowest BCUT2D eigenvalue weighted by Gasteiger charge is -2.08. The van der Waals surface area contributed by atoms with Crippen LogP contribution in [0.4, 0.5) is 5.82 Å². The van der Waals surface area contributed by atoms with Gasteiger partial charge in [0.15, 0.2) is 5.82 Å². The zero-order valence-corrected chi connectivity index (χ0v) is 11.6. The van der Waals surface area contributed by atoms with Crippen molar-refractivity contribution in [3.05, 3.63) is 54.7 Å². The van der Waals surface area contributed by atoms with Crippen molar-refractivity contribution in [2.45, 2.75) is 4.90 Å². The van der Waals surface area contributed by atoms with Crippen molar-refractivity contribution in [1.82, 2.24) is 9.78 Å². The maximum Gasteiger partial charge on any atom is 0.263 e. The first-order valence-electron chi connectivity index (χ1n) is 6.06. The minimum absolute atomic E-state index is 0.251. The van der Waals surface area contributed by atoms with E-state index in [1.165, 1.54) is 0 Å². The highest BCUT2D eigenvalue weighted by molar-refractivity contribution is 7.93. The average molecular weight is 287 g/mol. The van der Waals surface area contributed by atoms with Gasteiger partial charge in [-0.25, -0.2) is 8.42 Å². The molecule has 0 saturated carbocycles. The molecule has 0 aliphatic carbocycles. The summed E-state index contributed by atoms with van der Waals surface area (Å²) in [6.45, 7) is 0. The molecule has 6 heteroatoms. The number of rotatable bonds is 3. The number of benzene rings is 2.